The van der Waals surface area contributed by atoms with Gasteiger partial charge in [-0.25, -0.2) is 0 Å². The van der Waals surface area contributed by atoms with Crippen molar-refractivity contribution in [2.75, 3.05) is 13.1 Å². The second kappa shape index (κ2) is 6.39. The predicted molar refractivity (Wildman–Crippen MR) is 79.5 cm³/mol. The number of rotatable bonds is 5. The molecule has 1 saturated carbocycles. The first-order chi connectivity index (χ1) is 9.62. The van der Waals surface area contributed by atoms with E-state index in [0.29, 0.717) is 18.2 Å². The molecule has 2 rings (SSSR count). The van der Waals surface area contributed by atoms with Crippen LogP contribution in [-0.4, -0.2) is 39.7 Å². The number of hydrogen-bond donors (Lipinski definition) is 1. The van der Waals surface area contributed by atoms with Crippen molar-refractivity contribution in [3.05, 3.63) is 17.5 Å². The van der Waals surface area contributed by atoms with E-state index in [0.717, 1.165) is 31.6 Å². The third-order valence-electron chi connectivity index (χ3n) is 4.34. The molecule has 2 N–H and O–H groups in total. The molecule has 1 aromatic heterocycles. The van der Waals surface area contributed by atoms with Gasteiger partial charge in [-0.3, -0.25) is 9.48 Å². The zero-order valence-corrected chi connectivity index (χ0v) is 12.8. The molecule has 0 aliphatic heterocycles. The van der Waals surface area contributed by atoms with Crippen molar-refractivity contribution in [2.45, 2.75) is 52.6 Å². The van der Waals surface area contributed by atoms with Crippen molar-refractivity contribution < 1.29 is 4.79 Å². The molecule has 1 aliphatic carbocycles. The van der Waals surface area contributed by atoms with Gasteiger partial charge in [0.15, 0.2) is 0 Å². The summed E-state index contributed by atoms with van der Waals surface area (Å²) in [4.78, 5) is 14.8. The molecule has 1 amide bonds. The maximum Gasteiger partial charge on any atom is 0.272 e. The van der Waals surface area contributed by atoms with Crippen LogP contribution in [0.3, 0.4) is 0 Å². The second-order valence-corrected chi connectivity index (χ2v) is 5.57. The highest BCUT2D eigenvalue weighted by Gasteiger charge is 2.34. The maximum atomic E-state index is 12.8. The Kier molecular flexibility index (Phi) is 4.81. The number of carbonyl (C=O) groups excluding carboxylic acids is 1. The SMILES string of the molecule is CCN(C(=O)c1cc(C)nn1CC)C1CCCC1CN. The molecule has 1 aliphatic rings. The first-order valence-electron chi connectivity index (χ1n) is 7.67. The topological polar surface area (TPSA) is 64.2 Å². The summed E-state index contributed by atoms with van der Waals surface area (Å²) in [6.07, 6.45) is 3.38. The lowest BCUT2D eigenvalue weighted by atomic mass is 10.0. The van der Waals surface area contributed by atoms with Crippen LogP contribution in [0.4, 0.5) is 0 Å². The van der Waals surface area contributed by atoms with Crippen LogP contribution in [0.2, 0.25) is 0 Å². The van der Waals surface area contributed by atoms with E-state index >= 15 is 0 Å². The minimum Gasteiger partial charge on any atom is -0.334 e. The van der Waals surface area contributed by atoms with Crippen LogP contribution in [0.1, 0.15) is 49.3 Å². The summed E-state index contributed by atoms with van der Waals surface area (Å²) in [7, 11) is 0. The highest BCUT2D eigenvalue weighted by atomic mass is 16.2. The summed E-state index contributed by atoms with van der Waals surface area (Å²) in [6, 6.07) is 2.18. The van der Waals surface area contributed by atoms with Crippen LogP contribution in [0, 0.1) is 12.8 Å². The number of hydrogen-bond acceptors (Lipinski definition) is 3. The van der Waals surface area contributed by atoms with E-state index in [1.807, 2.05) is 31.7 Å². The van der Waals surface area contributed by atoms with Crippen molar-refractivity contribution in [3.63, 3.8) is 0 Å². The summed E-state index contributed by atoms with van der Waals surface area (Å²) in [5.41, 5.74) is 7.46. The van der Waals surface area contributed by atoms with Gasteiger partial charge in [0.25, 0.3) is 5.91 Å². The van der Waals surface area contributed by atoms with Crippen molar-refractivity contribution in [2.24, 2.45) is 11.7 Å². The molecule has 0 bridgehead atoms. The summed E-state index contributed by atoms with van der Waals surface area (Å²) in [5.74, 6) is 0.540. The molecule has 20 heavy (non-hydrogen) atoms. The molecule has 1 heterocycles. The molecule has 2 unspecified atom stereocenters. The fourth-order valence-electron chi connectivity index (χ4n) is 3.34. The van der Waals surface area contributed by atoms with Gasteiger partial charge < -0.3 is 10.6 Å². The summed E-state index contributed by atoms with van der Waals surface area (Å²) in [5, 5.41) is 4.38. The van der Waals surface area contributed by atoms with Gasteiger partial charge in [0.1, 0.15) is 5.69 Å². The van der Waals surface area contributed by atoms with E-state index in [1.54, 1.807) is 4.68 Å². The monoisotopic (exact) mass is 278 g/mol. The number of aryl methyl sites for hydroxylation is 2. The van der Waals surface area contributed by atoms with E-state index in [9.17, 15) is 4.79 Å². The normalized spacial score (nSPS) is 22.2. The largest absolute Gasteiger partial charge is 0.334 e. The maximum absolute atomic E-state index is 12.8. The standard InChI is InChI=1S/C15H26N4O/c1-4-18(13-8-6-7-12(13)10-16)15(20)14-9-11(3)17-19(14)5-2/h9,12-13H,4-8,10,16H2,1-3H3. The molecule has 0 spiro atoms. The number of carbonyl (C=O) groups is 1. The van der Waals surface area contributed by atoms with E-state index < -0.39 is 0 Å². The molecule has 5 heteroatoms. The molecule has 1 aromatic rings. The minimum absolute atomic E-state index is 0.0975. The molecular weight excluding hydrogens is 252 g/mol. The van der Waals surface area contributed by atoms with Crippen LogP contribution < -0.4 is 5.73 Å². The Morgan fingerprint density at radius 3 is 2.85 bits per heavy atom. The van der Waals surface area contributed by atoms with E-state index in [-0.39, 0.29) is 11.9 Å². The molecule has 0 aromatic carbocycles. The quantitative estimate of drug-likeness (QED) is 0.893. The van der Waals surface area contributed by atoms with E-state index in [2.05, 4.69) is 5.10 Å². The molecule has 5 nitrogen and oxygen atoms in total. The third-order valence-corrected chi connectivity index (χ3v) is 4.34. The third kappa shape index (κ3) is 2.73. The summed E-state index contributed by atoms with van der Waals surface area (Å²) >= 11 is 0. The van der Waals surface area contributed by atoms with Crippen LogP contribution in [-0.2, 0) is 6.54 Å². The Morgan fingerprint density at radius 2 is 2.25 bits per heavy atom. The van der Waals surface area contributed by atoms with Crippen molar-refractivity contribution >= 4 is 5.91 Å². The zero-order valence-electron chi connectivity index (χ0n) is 12.8. The van der Waals surface area contributed by atoms with Gasteiger partial charge in [-0.05, 0) is 52.1 Å². The van der Waals surface area contributed by atoms with Crippen LogP contribution in [0.5, 0.6) is 0 Å². The van der Waals surface area contributed by atoms with Crippen molar-refractivity contribution in [3.8, 4) is 0 Å². The molecule has 0 radical (unpaired) electrons. The number of amides is 1. The molecule has 2 atom stereocenters. The number of aromatic nitrogens is 2. The Balaban J connectivity index is 2.24. The highest BCUT2D eigenvalue weighted by molar-refractivity contribution is 5.93. The first-order valence-corrected chi connectivity index (χ1v) is 7.67. The summed E-state index contributed by atoms with van der Waals surface area (Å²) < 4.78 is 1.80. The van der Waals surface area contributed by atoms with Gasteiger partial charge >= 0.3 is 0 Å². The molecule has 0 saturated heterocycles. The van der Waals surface area contributed by atoms with Gasteiger partial charge in [0.2, 0.25) is 0 Å². The highest BCUT2D eigenvalue weighted by Crippen LogP contribution is 2.30. The van der Waals surface area contributed by atoms with Crippen molar-refractivity contribution in [1.82, 2.24) is 14.7 Å². The van der Waals surface area contributed by atoms with Crippen molar-refractivity contribution in [1.29, 1.82) is 0 Å². The van der Waals surface area contributed by atoms with Gasteiger partial charge in [-0.15, -0.1) is 0 Å². The first kappa shape index (κ1) is 15.0. The Bertz CT molecular complexity index is 468. The second-order valence-electron chi connectivity index (χ2n) is 5.57. The number of nitrogens with zero attached hydrogens (tertiary/aromatic N) is 3. The van der Waals surface area contributed by atoms with Crippen LogP contribution >= 0.6 is 0 Å². The fraction of sp³-hybridized carbons (Fsp3) is 0.733. The van der Waals surface area contributed by atoms with E-state index in [4.69, 9.17) is 5.73 Å². The van der Waals surface area contributed by atoms with Gasteiger partial charge in [-0.1, -0.05) is 6.42 Å². The Morgan fingerprint density at radius 1 is 1.50 bits per heavy atom. The minimum atomic E-state index is 0.0975. The summed E-state index contributed by atoms with van der Waals surface area (Å²) in [6.45, 7) is 8.10. The van der Waals surface area contributed by atoms with Crippen LogP contribution in [0.25, 0.3) is 0 Å². The Hall–Kier alpha value is -1.36. The number of nitrogens with two attached hydrogens (primary N) is 1. The average molecular weight is 278 g/mol. The predicted octanol–water partition coefficient (Wildman–Crippen LogP) is 1.80. The van der Waals surface area contributed by atoms with E-state index in [1.165, 1.54) is 6.42 Å². The Labute approximate surface area is 121 Å². The van der Waals surface area contributed by atoms with Gasteiger partial charge in [-0.2, -0.15) is 5.10 Å². The molecule has 112 valence electrons. The average Bonchev–Trinajstić information content (AvgIpc) is 3.05. The van der Waals surface area contributed by atoms with Gasteiger partial charge in [0, 0.05) is 19.1 Å². The lowest BCUT2D eigenvalue weighted by Crippen LogP contribution is -2.44. The van der Waals surface area contributed by atoms with Gasteiger partial charge in [0.05, 0.1) is 5.69 Å². The smallest absolute Gasteiger partial charge is 0.272 e. The molecule has 1 fully saturated rings. The zero-order chi connectivity index (χ0) is 14.7. The van der Waals surface area contributed by atoms with Crippen LogP contribution in [0.15, 0.2) is 6.07 Å². The lowest BCUT2D eigenvalue weighted by molar-refractivity contribution is 0.0639. The lowest BCUT2D eigenvalue weighted by Gasteiger charge is -2.32. The fourth-order valence-corrected chi connectivity index (χ4v) is 3.34. The molecular formula is C15H26N4O.